The second-order valence-corrected chi connectivity index (χ2v) is 6.25. The molecule has 0 radical (unpaired) electrons. The van der Waals surface area contributed by atoms with Crippen molar-refractivity contribution in [3.8, 4) is 0 Å². The maximum Gasteiger partial charge on any atom is 0.347 e. The van der Waals surface area contributed by atoms with E-state index in [0.29, 0.717) is 16.0 Å². The highest BCUT2D eigenvalue weighted by Crippen LogP contribution is 2.19. The van der Waals surface area contributed by atoms with Gasteiger partial charge in [-0.3, -0.25) is 4.79 Å². The van der Waals surface area contributed by atoms with Crippen molar-refractivity contribution in [2.45, 2.75) is 0 Å². The summed E-state index contributed by atoms with van der Waals surface area (Å²) in [4.78, 5) is 26.4. The van der Waals surface area contributed by atoms with Gasteiger partial charge in [-0.15, -0.1) is 0 Å². The Kier molecular flexibility index (Phi) is 4.72. The Morgan fingerprint density at radius 1 is 1.08 bits per heavy atom. The standard InChI is InChI=1S/C20H16ClNO3/c1-22(2)16-7-3-13(4-8-16)5-9-18(23)17-12-14-11-15(21)6-10-19(14)25-20(17)24/h3-12H,1-2H3. The quantitative estimate of drug-likeness (QED) is 0.396. The molecule has 3 aromatic rings. The number of anilines is 1. The SMILES string of the molecule is CN(C)c1ccc(C=CC(=O)c2cc3cc(Cl)ccc3oc2=O)cc1. The highest BCUT2D eigenvalue weighted by Gasteiger charge is 2.11. The third-order valence-corrected chi connectivity index (χ3v) is 4.03. The number of fused-ring (bicyclic) bond motifs is 1. The van der Waals surface area contributed by atoms with Gasteiger partial charge in [0.05, 0.1) is 0 Å². The molecule has 0 atom stereocenters. The van der Waals surface area contributed by atoms with Gasteiger partial charge in [0.1, 0.15) is 11.1 Å². The molecule has 2 aromatic carbocycles. The number of rotatable bonds is 4. The van der Waals surface area contributed by atoms with Gasteiger partial charge in [-0.25, -0.2) is 4.79 Å². The lowest BCUT2D eigenvalue weighted by Crippen LogP contribution is -2.11. The van der Waals surface area contributed by atoms with Crippen molar-refractivity contribution >= 4 is 40.1 Å². The first kappa shape index (κ1) is 17.0. The van der Waals surface area contributed by atoms with Crippen LogP contribution in [0.5, 0.6) is 0 Å². The molecule has 4 nitrogen and oxygen atoms in total. The molecule has 1 heterocycles. The Morgan fingerprint density at radius 3 is 2.48 bits per heavy atom. The average molecular weight is 354 g/mol. The van der Waals surface area contributed by atoms with E-state index in [1.54, 1.807) is 24.3 Å². The zero-order chi connectivity index (χ0) is 18.0. The number of hydrogen-bond donors (Lipinski definition) is 0. The number of halogens is 1. The molecule has 25 heavy (non-hydrogen) atoms. The highest BCUT2D eigenvalue weighted by molar-refractivity contribution is 6.31. The van der Waals surface area contributed by atoms with Crippen molar-refractivity contribution < 1.29 is 9.21 Å². The molecule has 0 saturated heterocycles. The molecule has 1 aromatic heterocycles. The Balaban J connectivity index is 1.88. The molecule has 3 rings (SSSR count). The molecule has 0 spiro atoms. The van der Waals surface area contributed by atoms with Gasteiger partial charge in [0.2, 0.25) is 0 Å². The first-order chi connectivity index (χ1) is 11.9. The fourth-order valence-corrected chi connectivity index (χ4v) is 2.59. The molecular weight excluding hydrogens is 338 g/mol. The molecule has 0 fully saturated rings. The van der Waals surface area contributed by atoms with Gasteiger partial charge in [-0.2, -0.15) is 0 Å². The topological polar surface area (TPSA) is 50.5 Å². The third-order valence-electron chi connectivity index (χ3n) is 3.80. The smallest absolute Gasteiger partial charge is 0.347 e. The minimum absolute atomic E-state index is 0.0177. The predicted octanol–water partition coefficient (Wildman–Crippen LogP) is 4.41. The second-order valence-electron chi connectivity index (χ2n) is 5.81. The molecule has 0 amide bonds. The van der Waals surface area contributed by atoms with Crippen LogP contribution in [0.25, 0.3) is 17.0 Å². The Labute approximate surface area is 149 Å². The fraction of sp³-hybridized carbons (Fsp3) is 0.100. The van der Waals surface area contributed by atoms with E-state index in [9.17, 15) is 9.59 Å². The van der Waals surface area contributed by atoms with Crippen LogP contribution in [0.15, 0.2) is 63.8 Å². The molecule has 5 heteroatoms. The molecule has 0 bridgehead atoms. The second kappa shape index (κ2) is 6.95. The fourth-order valence-electron chi connectivity index (χ4n) is 2.41. The zero-order valence-electron chi connectivity index (χ0n) is 13.8. The molecule has 0 aliphatic carbocycles. The number of benzene rings is 2. The zero-order valence-corrected chi connectivity index (χ0v) is 14.6. The average Bonchev–Trinajstić information content (AvgIpc) is 2.59. The largest absolute Gasteiger partial charge is 0.422 e. The summed E-state index contributed by atoms with van der Waals surface area (Å²) in [5, 5.41) is 1.12. The Hall–Kier alpha value is -2.85. The summed E-state index contributed by atoms with van der Waals surface area (Å²) >= 11 is 5.94. The van der Waals surface area contributed by atoms with E-state index in [1.165, 1.54) is 12.1 Å². The number of nitrogens with zero attached hydrogens (tertiary/aromatic N) is 1. The molecular formula is C20H16ClNO3. The van der Waals surface area contributed by atoms with Gasteiger partial charge in [-0.1, -0.05) is 29.8 Å². The molecule has 0 aliphatic heterocycles. The minimum Gasteiger partial charge on any atom is -0.422 e. The lowest BCUT2D eigenvalue weighted by atomic mass is 10.1. The lowest BCUT2D eigenvalue weighted by molar-refractivity contribution is 0.104. The number of allylic oxidation sites excluding steroid dienone is 1. The molecule has 0 N–H and O–H groups in total. The normalized spacial score (nSPS) is 11.2. The van der Waals surface area contributed by atoms with E-state index in [1.807, 2.05) is 43.3 Å². The highest BCUT2D eigenvalue weighted by atomic mass is 35.5. The van der Waals surface area contributed by atoms with E-state index in [2.05, 4.69) is 0 Å². The van der Waals surface area contributed by atoms with Gasteiger partial charge in [-0.05, 0) is 48.0 Å². The first-order valence-corrected chi connectivity index (χ1v) is 8.05. The van der Waals surface area contributed by atoms with E-state index >= 15 is 0 Å². The van der Waals surface area contributed by atoms with Gasteiger partial charge in [0.15, 0.2) is 5.78 Å². The van der Waals surface area contributed by atoms with E-state index < -0.39 is 11.4 Å². The van der Waals surface area contributed by atoms with Gasteiger partial charge in [0.25, 0.3) is 0 Å². The van der Waals surface area contributed by atoms with Gasteiger partial charge in [0, 0.05) is 30.2 Å². The van der Waals surface area contributed by atoms with Crippen molar-refractivity contribution in [2.75, 3.05) is 19.0 Å². The summed E-state index contributed by atoms with van der Waals surface area (Å²) in [5.74, 6) is -0.410. The Morgan fingerprint density at radius 2 is 1.80 bits per heavy atom. The summed E-state index contributed by atoms with van der Waals surface area (Å²) in [5.41, 5.74) is 1.65. The van der Waals surface area contributed by atoms with Crippen LogP contribution in [-0.2, 0) is 0 Å². The lowest BCUT2D eigenvalue weighted by Gasteiger charge is -2.11. The summed E-state index contributed by atoms with van der Waals surface area (Å²) in [6.45, 7) is 0. The van der Waals surface area contributed by atoms with Crippen LogP contribution < -0.4 is 10.5 Å². The van der Waals surface area contributed by atoms with Crippen LogP contribution in [-0.4, -0.2) is 19.9 Å². The summed E-state index contributed by atoms with van der Waals surface area (Å²) in [6.07, 6.45) is 3.04. The van der Waals surface area contributed by atoms with Crippen molar-refractivity contribution in [3.63, 3.8) is 0 Å². The van der Waals surface area contributed by atoms with Crippen LogP contribution in [0, 0.1) is 0 Å². The first-order valence-electron chi connectivity index (χ1n) is 7.67. The van der Waals surface area contributed by atoms with Gasteiger partial charge < -0.3 is 9.32 Å². The Bertz CT molecular complexity index is 1020. The van der Waals surface area contributed by atoms with Gasteiger partial charge >= 0.3 is 5.63 Å². The van der Waals surface area contributed by atoms with Crippen LogP contribution in [0.4, 0.5) is 5.69 Å². The van der Waals surface area contributed by atoms with Crippen molar-refractivity contribution in [3.05, 3.63) is 81.2 Å². The third kappa shape index (κ3) is 3.80. The van der Waals surface area contributed by atoms with Crippen LogP contribution in [0.1, 0.15) is 15.9 Å². The molecule has 0 saturated carbocycles. The molecule has 0 unspecified atom stereocenters. The summed E-state index contributed by atoms with van der Waals surface area (Å²) in [6, 6.07) is 14.1. The van der Waals surface area contributed by atoms with Crippen molar-refractivity contribution in [2.24, 2.45) is 0 Å². The number of carbonyl (C=O) groups excluding carboxylic acids is 1. The summed E-state index contributed by atoms with van der Waals surface area (Å²) in [7, 11) is 3.92. The number of ketones is 1. The predicted molar refractivity (Wildman–Crippen MR) is 102 cm³/mol. The van der Waals surface area contributed by atoms with E-state index in [4.69, 9.17) is 16.0 Å². The summed E-state index contributed by atoms with van der Waals surface area (Å²) < 4.78 is 5.19. The maximum absolute atomic E-state index is 12.4. The minimum atomic E-state index is -0.660. The van der Waals surface area contributed by atoms with Crippen LogP contribution in [0.2, 0.25) is 5.02 Å². The number of carbonyl (C=O) groups is 1. The van der Waals surface area contributed by atoms with E-state index in [-0.39, 0.29) is 5.56 Å². The molecule has 0 aliphatic rings. The van der Waals surface area contributed by atoms with Crippen LogP contribution in [0.3, 0.4) is 0 Å². The molecule has 126 valence electrons. The monoisotopic (exact) mass is 353 g/mol. The number of hydrogen-bond acceptors (Lipinski definition) is 4. The van der Waals surface area contributed by atoms with Crippen LogP contribution >= 0.6 is 11.6 Å². The maximum atomic E-state index is 12.4. The van der Waals surface area contributed by atoms with E-state index in [0.717, 1.165) is 11.3 Å². The van der Waals surface area contributed by atoms with Crippen molar-refractivity contribution in [1.82, 2.24) is 0 Å². The van der Waals surface area contributed by atoms with Crippen molar-refractivity contribution in [1.29, 1.82) is 0 Å².